The van der Waals surface area contributed by atoms with Crippen molar-refractivity contribution in [2.45, 2.75) is 39.7 Å². The molecule has 0 aliphatic heterocycles. The van der Waals surface area contributed by atoms with Gasteiger partial charge in [0, 0.05) is 13.6 Å². The molecule has 100 valence electrons. The first-order chi connectivity index (χ1) is 8.25. The van der Waals surface area contributed by atoms with Gasteiger partial charge < -0.3 is 4.90 Å². The van der Waals surface area contributed by atoms with Gasteiger partial charge in [-0.25, -0.2) is 10.6 Å². The quantitative estimate of drug-likeness (QED) is 0.480. The van der Waals surface area contributed by atoms with Crippen molar-refractivity contribution in [3.8, 4) is 0 Å². The van der Waals surface area contributed by atoms with Crippen LogP contribution in [0.4, 0.5) is 4.79 Å². The van der Waals surface area contributed by atoms with Crippen LogP contribution in [0, 0.1) is 6.92 Å². The first kappa shape index (κ1) is 14.5. The Hall–Kier alpha value is -1.55. The molecule has 2 amide bonds. The van der Waals surface area contributed by atoms with Crippen LogP contribution in [0.25, 0.3) is 0 Å². The minimum absolute atomic E-state index is 0.108. The molecule has 1 aromatic carbocycles. The third-order valence-electron chi connectivity index (χ3n) is 3.09. The summed E-state index contributed by atoms with van der Waals surface area (Å²) < 4.78 is 0. The van der Waals surface area contributed by atoms with Crippen molar-refractivity contribution in [1.82, 2.24) is 10.3 Å². The second-order valence-electron chi connectivity index (χ2n) is 5.70. The van der Waals surface area contributed by atoms with Gasteiger partial charge >= 0.3 is 6.03 Å². The Morgan fingerprint density at radius 1 is 1.39 bits per heavy atom. The molecule has 0 atom stereocenters. The summed E-state index contributed by atoms with van der Waals surface area (Å²) in [5.74, 6) is 5.12. The molecule has 0 saturated heterocycles. The zero-order valence-electron chi connectivity index (χ0n) is 11.9. The van der Waals surface area contributed by atoms with Crippen LogP contribution in [-0.4, -0.2) is 18.0 Å². The molecular formula is C14H23N3O. The van der Waals surface area contributed by atoms with E-state index < -0.39 is 0 Å². The van der Waals surface area contributed by atoms with Crippen LogP contribution in [-0.2, 0) is 12.0 Å². The summed E-state index contributed by atoms with van der Waals surface area (Å²) in [6.07, 6.45) is 0. The largest absolute Gasteiger partial charge is 0.331 e. The summed E-state index contributed by atoms with van der Waals surface area (Å²) >= 11 is 0. The summed E-state index contributed by atoms with van der Waals surface area (Å²) in [5, 5.41) is 0. The lowest BCUT2D eigenvalue weighted by atomic mass is 9.85. The van der Waals surface area contributed by atoms with Gasteiger partial charge in [0.1, 0.15) is 0 Å². The van der Waals surface area contributed by atoms with Gasteiger partial charge in [-0.1, -0.05) is 39.0 Å². The smallest absolute Gasteiger partial charge is 0.322 e. The summed E-state index contributed by atoms with van der Waals surface area (Å²) in [6, 6.07) is 6.12. The fraction of sp³-hybridized carbons (Fsp3) is 0.500. The van der Waals surface area contributed by atoms with Gasteiger partial charge in [0.15, 0.2) is 0 Å². The van der Waals surface area contributed by atoms with Gasteiger partial charge in [-0.2, -0.15) is 0 Å². The zero-order valence-corrected chi connectivity index (χ0v) is 11.9. The number of urea groups is 1. The highest BCUT2D eigenvalue weighted by Crippen LogP contribution is 2.24. The van der Waals surface area contributed by atoms with E-state index in [4.69, 9.17) is 5.84 Å². The number of nitrogens with zero attached hydrogens (tertiary/aromatic N) is 1. The molecule has 4 heteroatoms. The Labute approximate surface area is 109 Å². The van der Waals surface area contributed by atoms with Crippen molar-refractivity contribution in [3.05, 3.63) is 34.9 Å². The average molecular weight is 249 g/mol. The van der Waals surface area contributed by atoms with Crippen molar-refractivity contribution < 1.29 is 4.79 Å². The number of hydrazine groups is 1. The Morgan fingerprint density at radius 2 is 2.00 bits per heavy atom. The standard InChI is InChI=1S/C14H23N3O/c1-10-6-7-12(14(2,3)4)8-11(10)9-17(5)13(18)16-15/h6-8H,9,15H2,1-5H3,(H,16,18). The molecule has 3 N–H and O–H groups in total. The number of hydrogen-bond acceptors (Lipinski definition) is 2. The van der Waals surface area contributed by atoms with Crippen LogP contribution < -0.4 is 11.3 Å². The highest BCUT2D eigenvalue weighted by atomic mass is 16.2. The Bertz CT molecular complexity index is 435. The Balaban J connectivity index is 2.98. The van der Waals surface area contributed by atoms with E-state index in [1.807, 2.05) is 0 Å². The SMILES string of the molecule is Cc1ccc(C(C)(C)C)cc1CN(C)C(=O)NN. The van der Waals surface area contributed by atoms with Crippen molar-refractivity contribution in [2.24, 2.45) is 5.84 Å². The molecule has 0 heterocycles. The molecule has 0 fully saturated rings. The van der Waals surface area contributed by atoms with E-state index in [-0.39, 0.29) is 11.4 Å². The predicted octanol–water partition coefficient (Wildman–Crippen LogP) is 2.31. The monoisotopic (exact) mass is 249 g/mol. The minimum Gasteiger partial charge on any atom is -0.322 e. The summed E-state index contributed by atoms with van der Waals surface area (Å²) in [6.45, 7) is 9.14. The highest BCUT2D eigenvalue weighted by molar-refractivity contribution is 5.73. The number of hydrogen-bond donors (Lipinski definition) is 2. The number of rotatable bonds is 2. The molecule has 0 unspecified atom stereocenters. The van der Waals surface area contributed by atoms with Crippen LogP contribution in [0.1, 0.15) is 37.5 Å². The number of carbonyl (C=O) groups is 1. The van der Waals surface area contributed by atoms with E-state index in [0.29, 0.717) is 6.54 Å². The molecule has 0 radical (unpaired) electrons. The third kappa shape index (κ3) is 3.47. The molecule has 0 aliphatic rings. The van der Waals surface area contributed by atoms with E-state index in [0.717, 1.165) is 5.56 Å². The number of nitrogens with two attached hydrogens (primary N) is 1. The normalized spacial score (nSPS) is 11.2. The van der Waals surface area contributed by atoms with Crippen molar-refractivity contribution in [2.75, 3.05) is 7.05 Å². The number of amides is 2. The van der Waals surface area contributed by atoms with Gasteiger partial charge in [0.2, 0.25) is 0 Å². The van der Waals surface area contributed by atoms with Gasteiger partial charge in [-0.3, -0.25) is 5.43 Å². The van der Waals surface area contributed by atoms with E-state index in [2.05, 4.69) is 51.3 Å². The highest BCUT2D eigenvalue weighted by Gasteiger charge is 2.16. The Kier molecular flexibility index (Phi) is 4.35. The second-order valence-corrected chi connectivity index (χ2v) is 5.70. The lowest BCUT2D eigenvalue weighted by Crippen LogP contribution is -2.40. The minimum atomic E-state index is -0.282. The van der Waals surface area contributed by atoms with Crippen molar-refractivity contribution >= 4 is 6.03 Å². The van der Waals surface area contributed by atoms with Gasteiger partial charge in [0.25, 0.3) is 0 Å². The fourth-order valence-electron chi connectivity index (χ4n) is 1.75. The first-order valence-corrected chi connectivity index (χ1v) is 6.07. The lowest BCUT2D eigenvalue weighted by Gasteiger charge is -2.23. The number of aryl methyl sites for hydroxylation is 1. The van der Waals surface area contributed by atoms with E-state index in [1.165, 1.54) is 11.1 Å². The molecule has 1 rings (SSSR count). The topological polar surface area (TPSA) is 58.4 Å². The molecule has 18 heavy (non-hydrogen) atoms. The Morgan fingerprint density at radius 3 is 2.50 bits per heavy atom. The van der Waals surface area contributed by atoms with Crippen LogP contribution in [0.15, 0.2) is 18.2 Å². The van der Waals surface area contributed by atoms with Crippen molar-refractivity contribution in [3.63, 3.8) is 0 Å². The van der Waals surface area contributed by atoms with Gasteiger partial charge in [-0.05, 0) is 29.0 Å². The fourth-order valence-corrected chi connectivity index (χ4v) is 1.75. The van der Waals surface area contributed by atoms with E-state index >= 15 is 0 Å². The van der Waals surface area contributed by atoms with Crippen LogP contribution in [0.2, 0.25) is 0 Å². The lowest BCUT2D eigenvalue weighted by molar-refractivity contribution is 0.207. The van der Waals surface area contributed by atoms with Gasteiger partial charge in [0.05, 0.1) is 0 Å². The van der Waals surface area contributed by atoms with E-state index in [9.17, 15) is 4.79 Å². The summed E-state index contributed by atoms with van der Waals surface area (Å²) in [4.78, 5) is 13.0. The molecule has 0 saturated carbocycles. The third-order valence-corrected chi connectivity index (χ3v) is 3.09. The second kappa shape index (κ2) is 5.40. The molecule has 0 aromatic heterocycles. The van der Waals surface area contributed by atoms with Crippen LogP contribution in [0.3, 0.4) is 0 Å². The summed E-state index contributed by atoms with van der Waals surface area (Å²) in [5.41, 5.74) is 5.84. The maximum atomic E-state index is 11.4. The molecule has 0 aliphatic carbocycles. The van der Waals surface area contributed by atoms with E-state index in [1.54, 1.807) is 11.9 Å². The average Bonchev–Trinajstić information content (AvgIpc) is 2.29. The molecule has 4 nitrogen and oxygen atoms in total. The number of carbonyl (C=O) groups excluding carboxylic acids is 1. The summed E-state index contributed by atoms with van der Waals surface area (Å²) in [7, 11) is 1.73. The molecule has 0 spiro atoms. The maximum Gasteiger partial charge on any atom is 0.331 e. The zero-order chi connectivity index (χ0) is 13.9. The number of nitrogens with one attached hydrogen (secondary N) is 1. The number of benzene rings is 1. The van der Waals surface area contributed by atoms with Gasteiger partial charge in [-0.15, -0.1) is 0 Å². The predicted molar refractivity (Wildman–Crippen MR) is 74.1 cm³/mol. The molecule has 1 aromatic rings. The first-order valence-electron chi connectivity index (χ1n) is 6.07. The molecular weight excluding hydrogens is 226 g/mol. The maximum absolute atomic E-state index is 11.4. The van der Waals surface area contributed by atoms with Crippen LogP contribution >= 0.6 is 0 Å². The molecule has 0 bridgehead atoms. The van der Waals surface area contributed by atoms with Crippen LogP contribution in [0.5, 0.6) is 0 Å². The van der Waals surface area contributed by atoms with Crippen molar-refractivity contribution in [1.29, 1.82) is 0 Å².